The third-order valence-electron chi connectivity index (χ3n) is 2.81. The molecular formula is C13H12ClN3O3. The Balaban J connectivity index is 2.41. The van der Waals surface area contributed by atoms with Crippen LogP contribution in [0.25, 0.3) is 0 Å². The van der Waals surface area contributed by atoms with E-state index in [0.717, 1.165) is 6.29 Å². The predicted molar refractivity (Wildman–Crippen MR) is 72.0 cm³/mol. The minimum atomic E-state index is -0.568. The number of nitrogens with zero attached hydrogens (tertiary/aromatic N) is 3. The van der Waals surface area contributed by atoms with Crippen molar-refractivity contribution in [2.75, 3.05) is 7.11 Å². The molecule has 0 aliphatic rings. The summed E-state index contributed by atoms with van der Waals surface area (Å²) in [7, 11) is 1.28. The van der Waals surface area contributed by atoms with Crippen LogP contribution in [0, 0.1) is 6.92 Å². The van der Waals surface area contributed by atoms with Crippen molar-refractivity contribution in [1.29, 1.82) is 0 Å². The highest BCUT2D eigenvalue weighted by Gasteiger charge is 2.17. The molecule has 0 aromatic carbocycles. The number of esters is 1. The number of ether oxygens (including phenoxy) is 1. The standard InChI is InChI=1S/C13H12ClN3O3/c1-8-9(7-18)5-17(16-8)6-10-11(14)3-4-15-12(10)13(19)20-2/h3-5,7H,6H2,1-2H3. The molecule has 20 heavy (non-hydrogen) atoms. The normalized spacial score (nSPS) is 10.3. The van der Waals surface area contributed by atoms with Gasteiger partial charge in [-0.2, -0.15) is 5.10 Å². The van der Waals surface area contributed by atoms with E-state index < -0.39 is 5.97 Å². The molecule has 0 saturated carbocycles. The van der Waals surface area contributed by atoms with Gasteiger partial charge in [0.05, 0.1) is 24.9 Å². The van der Waals surface area contributed by atoms with E-state index in [9.17, 15) is 9.59 Å². The number of aromatic nitrogens is 3. The summed E-state index contributed by atoms with van der Waals surface area (Å²) < 4.78 is 6.21. The van der Waals surface area contributed by atoms with Crippen molar-refractivity contribution < 1.29 is 14.3 Å². The van der Waals surface area contributed by atoms with Crippen LogP contribution in [-0.4, -0.2) is 34.1 Å². The SMILES string of the molecule is COC(=O)c1nccc(Cl)c1Cn1cc(C=O)c(C)n1. The molecule has 0 bridgehead atoms. The van der Waals surface area contributed by atoms with Crippen LogP contribution in [0.1, 0.15) is 32.1 Å². The lowest BCUT2D eigenvalue weighted by Gasteiger charge is -2.09. The van der Waals surface area contributed by atoms with Crippen LogP contribution in [0.15, 0.2) is 18.5 Å². The molecule has 2 heterocycles. The highest BCUT2D eigenvalue weighted by Crippen LogP contribution is 2.20. The maximum absolute atomic E-state index is 11.7. The van der Waals surface area contributed by atoms with Crippen LogP contribution in [0.5, 0.6) is 0 Å². The van der Waals surface area contributed by atoms with Gasteiger partial charge in [-0.1, -0.05) is 11.6 Å². The molecule has 0 unspecified atom stereocenters. The van der Waals surface area contributed by atoms with Gasteiger partial charge < -0.3 is 4.74 Å². The minimum absolute atomic E-state index is 0.140. The molecule has 0 aliphatic carbocycles. The van der Waals surface area contributed by atoms with Crippen molar-refractivity contribution in [2.45, 2.75) is 13.5 Å². The van der Waals surface area contributed by atoms with Gasteiger partial charge in [0.2, 0.25) is 0 Å². The second kappa shape index (κ2) is 5.83. The molecule has 0 fully saturated rings. The summed E-state index contributed by atoms with van der Waals surface area (Å²) in [5, 5.41) is 4.58. The van der Waals surface area contributed by atoms with Gasteiger partial charge in [0.15, 0.2) is 12.0 Å². The number of carbonyl (C=O) groups is 2. The Labute approximate surface area is 120 Å². The molecule has 0 spiro atoms. The molecule has 104 valence electrons. The molecule has 0 aliphatic heterocycles. The summed E-state index contributed by atoms with van der Waals surface area (Å²) >= 11 is 6.10. The van der Waals surface area contributed by atoms with Crippen LogP contribution in [0.4, 0.5) is 0 Å². The van der Waals surface area contributed by atoms with E-state index in [-0.39, 0.29) is 12.2 Å². The predicted octanol–water partition coefficient (Wildman–Crippen LogP) is 1.89. The Kier molecular flexibility index (Phi) is 4.14. The van der Waals surface area contributed by atoms with Crippen LogP contribution in [0.3, 0.4) is 0 Å². The van der Waals surface area contributed by atoms with Crippen LogP contribution >= 0.6 is 11.6 Å². The van der Waals surface area contributed by atoms with Gasteiger partial charge in [-0.15, -0.1) is 0 Å². The van der Waals surface area contributed by atoms with Gasteiger partial charge in [-0.05, 0) is 13.0 Å². The number of pyridine rings is 1. The average molecular weight is 294 g/mol. The topological polar surface area (TPSA) is 74.1 Å². The summed E-state index contributed by atoms with van der Waals surface area (Å²) in [5.74, 6) is -0.568. The zero-order chi connectivity index (χ0) is 14.7. The number of methoxy groups -OCH3 is 1. The van der Waals surface area contributed by atoms with E-state index >= 15 is 0 Å². The van der Waals surface area contributed by atoms with E-state index in [2.05, 4.69) is 14.8 Å². The van der Waals surface area contributed by atoms with Gasteiger partial charge in [0.1, 0.15) is 0 Å². The highest BCUT2D eigenvalue weighted by atomic mass is 35.5. The van der Waals surface area contributed by atoms with Crippen LogP contribution in [0.2, 0.25) is 5.02 Å². The van der Waals surface area contributed by atoms with Gasteiger partial charge in [-0.3, -0.25) is 9.48 Å². The monoisotopic (exact) mass is 293 g/mol. The summed E-state index contributed by atoms with van der Waals surface area (Å²) in [4.78, 5) is 26.5. The van der Waals surface area contributed by atoms with Crippen LogP contribution in [-0.2, 0) is 11.3 Å². The minimum Gasteiger partial charge on any atom is -0.464 e. The van der Waals surface area contributed by atoms with Crippen molar-refractivity contribution >= 4 is 23.9 Å². The quantitative estimate of drug-likeness (QED) is 0.635. The van der Waals surface area contributed by atoms with Gasteiger partial charge >= 0.3 is 5.97 Å². The van der Waals surface area contributed by atoms with Crippen molar-refractivity contribution in [3.63, 3.8) is 0 Å². The first-order valence-electron chi connectivity index (χ1n) is 5.77. The molecule has 2 rings (SSSR count). The molecule has 0 radical (unpaired) electrons. The Morgan fingerprint density at radius 3 is 2.90 bits per heavy atom. The maximum atomic E-state index is 11.7. The average Bonchev–Trinajstić information content (AvgIpc) is 2.80. The first-order valence-corrected chi connectivity index (χ1v) is 6.15. The lowest BCUT2D eigenvalue weighted by atomic mass is 10.2. The van der Waals surface area contributed by atoms with Gasteiger partial charge in [-0.25, -0.2) is 9.78 Å². The number of carbonyl (C=O) groups excluding carboxylic acids is 2. The van der Waals surface area contributed by atoms with E-state index in [0.29, 0.717) is 21.8 Å². The molecule has 0 saturated heterocycles. The molecule has 0 amide bonds. The summed E-state index contributed by atoms with van der Waals surface area (Å²) in [6.45, 7) is 1.96. The first-order chi connectivity index (χ1) is 9.56. The van der Waals surface area contributed by atoms with Crippen molar-refractivity contribution in [2.24, 2.45) is 0 Å². The Bertz CT molecular complexity index is 667. The van der Waals surface area contributed by atoms with E-state index in [1.807, 2.05) is 0 Å². The molecule has 0 atom stereocenters. The van der Waals surface area contributed by atoms with E-state index in [1.165, 1.54) is 18.0 Å². The van der Waals surface area contributed by atoms with Crippen LogP contribution < -0.4 is 0 Å². The Morgan fingerprint density at radius 2 is 2.30 bits per heavy atom. The summed E-state index contributed by atoms with van der Waals surface area (Å²) in [6, 6.07) is 1.58. The maximum Gasteiger partial charge on any atom is 0.357 e. The summed E-state index contributed by atoms with van der Waals surface area (Å²) in [5.41, 5.74) is 1.74. The highest BCUT2D eigenvalue weighted by molar-refractivity contribution is 6.31. The molecule has 7 heteroatoms. The fourth-order valence-corrected chi connectivity index (χ4v) is 1.99. The Hall–Kier alpha value is -2.21. The molecule has 0 N–H and O–H groups in total. The number of hydrogen-bond acceptors (Lipinski definition) is 5. The first kappa shape index (κ1) is 14.2. The lowest BCUT2D eigenvalue weighted by molar-refractivity contribution is 0.0592. The Morgan fingerprint density at radius 1 is 1.55 bits per heavy atom. The smallest absolute Gasteiger partial charge is 0.357 e. The van der Waals surface area contributed by atoms with Crippen molar-refractivity contribution in [3.8, 4) is 0 Å². The number of aldehydes is 1. The van der Waals surface area contributed by atoms with E-state index in [1.54, 1.807) is 19.2 Å². The third kappa shape index (κ3) is 2.70. The number of rotatable bonds is 4. The second-order valence-electron chi connectivity index (χ2n) is 4.10. The van der Waals surface area contributed by atoms with Gasteiger partial charge in [0.25, 0.3) is 0 Å². The molecule has 2 aromatic rings. The number of aryl methyl sites for hydroxylation is 1. The second-order valence-corrected chi connectivity index (χ2v) is 4.50. The van der Waals surface area contributed by atoms with E-state index in [4.69, 9.17) is 11.6 Å². The molecular weight excluding hydrogens is 282 g/mol. The third-order valence-corrected chi connectivity index (χ3v) is 3.16. The number of hydrogen-bond donors (Lipinski definition) is 0. The van der Waals surface area contributed by atoms with Gasteiger partial charge in [0, 0.05) is 23.0 Å². The molecule has 2 aromatic heterocycles. The fraction of sp³-hybridized carbons (Fsp3) is 0.231. The largest absolute Gasteiger partial charge is 0.464 e. The zero-order valence-corrected chi connectivity index (χ0v) is 11.7. The molecule has 6 nitrogen and oxygen atoms in total. The van der Waals surface area contributed by atoms with Crippen molar-refractivity contribution in [3.05, 3.63) is 46.0 Å². The number of halogens is 1. The lowest BCUT2D eigenvalue weighted by Crippen LogP contribution is -2.12. The fourth-order valence-electron chi connectivity index (χ4n) is 1.78. The zero-order valence-electron chi connectivity index (χ0n) is 11.0. The summed E-state index contributed by atoms with van der Waals surface area (Å²) in [6.07, 6.45) is 3.75. The van der Waals surface area contributed by atoms with Crippen molar-refractivity contribution in [1.82, 2.24) is 14.8 Å².